The van der Waals surface area contributed by atoms with Gasteiger partial charge in [0.1, 0.15) is 0 Å². The van der Waals surface area contributed by atoms with E-state index in [4.69, 9.17) is 0 Å². The summed E-state index contributed by atoms with van der Waals surface area (Å²) < 4.78 is 0. The first-order valence-corrected chi connectivity index (χ1v) is 8.19. The first kappa shape index (κ1) is 15.9. The third kappa shape index (κ3) is 4.27. The molecule has 1 aromatic heterocycles. The molecular formula is C16H23N3OS. The Balaban J connectivity index is 1.96. The number of benzene rings is 1. The molecular weight excluding hydrogens is 282 g/mol. The van der Waals surface area contributed by atoms with Gasteiger partial charge in [-0.2, -0.15) is 0 Å². The summed E-state index contributed by atoms with van der Waals surface area (Å²) >= 11 is 1.71. The Morgan fingerprint density at radius 1 is 1.24 bits per heavy atom. The van der Waals surface area contributed by atoms with Gasteiger partial charge in [0.15, 0.2) is 5.13 Å². The molecule has 0 aliphatic heterocycles. The fourth-order valence-electron chi connectivity index (χ4n) is 2.22. The molecule has 0 saturated carbocycles. The van der Waals surface area contributed by atoms with Gasteiger partial charge in [0.05, 0.1) is 12.6 Å². The van der Waals surface area contributed by atoms with Crippen LogP contribution < -0.4 is 10.2 Å². The topological polar surface area (TPSA) is 48.4 Å². The minimum Gasteiger partial charge on any atom is -0.394 e. The van der Waals surface area contributed by atoms with E-state index in [1.165, 1.54) is 4.88 Å². The summed E-state index contributed by atoms with van der Waals surface area (Å²) in [6.45, 7) is 7.03. The Kier molecular flexibility index (Phi) is 6.17. The van der Waals surface area contributed by atoms with E-state index in [1.54, 1.807) is 11.3 Å². The van der Waals surface area contributed by atoms with Crippen LogP contribution in [0.4, 0.5) is 5.13 Å². The molecule has 0 aliphatic carbocycles. The van der Waals surface area contributed by atoms with Crippen LogP contribution >= 0.6 is 11.3 Å². The van der Waals surface area contributed by atoms with Crippen molar-refractivity contribution in [2.24, 2.45) is 0 Å². The Morgan fingerprint density at radius 3 is 2.57 bits per heavy atom. The molecule has 5 heteroatoms. The summed E-state index contributed by atoms with van der Waals surface area (Å²) in [4.78, 5) is 7.91. The van der Waals surface area contributed by atoms with Crippen molar-refractivity contribution >= 4 is 16.5 Å². The van der Waals surface area contributed by atoms with Crippen molar-refractivity contribution in [2.75, 3.05) is 24.6 Å². The van der Waals surface area contributed by atoms with Crippen molar-refractivity contribution in [3.8, 4) is 0 Å². The van der Waals surface area contributed by atoms with E-state index in [-0.39, 0.29) is 12.6 Å². The molecule has 2 N–H and O–H groups in total. The predicted molar refractivity (Wildman–Crippen MR) is 88.8 cm³/mol. The average molecular weight is 305 g/mol. The first-order valence-electron chi connectivity index (χ1n) is 7.37. The van der Waals surface area contributed by atoms with Gasteiger partial charge in [-0.25, -0.2) is 4.98 Å². The number of hydrogen-bond acceptors (Lipinski definition) is 5. The van der Waals surface area contributed by atoms with Crippen molar-refractivity contribution in [2.45, 2.75) is 26.4 Å². The lowest BCUT2D eigenvalue weighted by Crippen LogP contribution is -2.23. The lowest BCUT2D eigenvalue weighted by molar-refractivity contribution is 0.244. The van der Waals surface area contributed by atoms with Crippen molar-refractivity contribution < 1.29 is 5.11 Å². The maximum absolute atomic E-state index is 9.54. The van der Waals surface area contributed by atoms with E-state index in [9.17, 15) is 5.11 Å². The molecule has 0 radical (unpaired) electrons. The number of nitrogens with zero attached hydrogens (tertiary/aromatic N) is 2. The average Bonchev–Trinajstić information content (AvgIpc) is 2.99. The van der Waals surface area contributed by atoms with Crippen LogP contribution in [0.1, 0.15) is 30.3 Å². The molecule has 21 heavy (non-hydrogen) atoms. The van der Waals surface area contributed by atoms with Gasteiger partial charge in [-0.3, -0.25) is 0 Å². The quantitative estimate of drug-likeness (QED) is 0.787. The van der Waals surface area contributed by atoms with Crippen LogP contribution in [0.5, 0.6) is 0 Å². The fourth-order valence-corrected chi connectivity index (χ4v) is 3.20. The standard InChI is InChI=1S/C16H23N3OS/c1-3-19(4-2)16-18-11-14(21-16)10-17-15(12-20)13-8-6-5-7-9-13/h5-9,11,15,17,20H,3-4,10,12H2,1-2H3/t15-/m0/s1. The molecule has 0 amide bonds. The molecule has 0 bridgehead atoms. The number of aliphatic hydroxyl groups is 1. The molecule has 0 unspecified atom stereocenters. The maximum Gasteiger partial charge on any atom is 0.185 e. The maximum atomic E-state index is 9.54. The molecule has 0 saturated heterocycles. The summed E-state index contributed by atoms with van der Waals surface area (Å²) in [5.74, 6) is 0. The van der Waals surface area contributed by atoms with Gasteiger partial charge in [-0.15, -0.1) is 11.3 Å². The van der Waals surface area contributed by atoms with Gasteiger partial charge in [-0.1, -0.05) is 30.3 Å². The highest BCUT2D eigenvalue weighted by Gasteiger charge is 2.11. The lowest BCUT2D eigenvalue weighted by atomic mass is 10.1. The molecule has 1 atom stereocenters. The largest absolute Gasteiger partial charge is 0.394 e. The molecule has 0 fully saturated rings. The van der Waals surface area contributed by atoms with E-state index < -0.39 is 0 Å². The van der Waals surface area contributed by atoms with Crippen LogP contribution in [0.2, 0.25) is 0 Å². The Morgan fingerprint density at radius 2 is 1.95 bits per heavy atom. The van der Waals surface area contributed by atoms with Gasteiger partial charge in [0.25, 0.3) is 0 Å². The molecule has 2 aromatic rings. The molecule has 1 heterocycles. The number of aliphatic hydroxyl groups excluding tert-OH is 1. The second-order valence-electron chi connectivity index (χ2n) is 4.81. The summed E-state index contributed by atoms with van der Waals surface area (Å²) in [6.07, 6.45) is 1.92. The number of aromatic nitrogens is 1. The van der Waals surface area contributed by atoms with E-state index in [0.717, 1.165) is 30.3 Å². The molecule has 0 spiro atoms. The normalized spacial score (nSPS) is 12.3. The van der Waals surface area contributed by atoms with Crippen LogP contribution in [-0.4, -0.2) is 29.8 Å². The van der Waals surface area contributed by atoms with Crippen molar-refractivity contribution in [1.82, 2.24) is 10.3 Å². The molecule has 114 valence electrons. The van der Waals surface area contributed by atoms with E-state index in [1.807, 2.05) is 36.5 Å². The monoisotopic (exact) mass is 305 g/mol. The third-order valence-corrected chi connectivity index (χ3v) is 4.54. The molecule has 1 aromatic carbocycles. The number of thiazole rings is 1. The summed E-state index contributed by atoms with van der Waals surface area (Å²) in [5.41, 5.74) is 1.11. The van der Waals surface area contributed by atoms with Crippen LogP contribution in [0, 0.1) is 0 Å². The minimum absolute atomic E-state index is 0.0368. The van der Waals surface area contributed by atoms with Gasteiger partial charge < -0.3 is 15.3 Å². The van der Waals surface area contributed by atoms with E-state index in [0.29, 0.717) is 0 Å². The summed E-state index contributed by atoms with van der Waals surface area (Å²) in [7, 11) is 0. The molecule has 0 aliphatic rings. The zero-order valence-corrected chi connectivity index (χ0v) is 13.4. The van der Waals surface area contributed by atoms with Crippen molar-refractivity contribution in [3.63, 3.8) is 0 Å². The van der Waals surface area contributed by atoms with Gasteiger partial charge in [0, 0.05) is 30.7 Å². The number of hydrogen-bond donors (Lipinski definition) is 2. The Hall–Kier alpha value is -1.43. The van der Waals surface area contributed by atoms with E-state index >= 15 is 0 Å². The number of nitrogens with one attached hydrogen (secondary N) is 1. The van der Waals surface area contributed by atoms with Gasteiger partial charge in [-0.05, 0) is 19.4 Å². The highest BCUT2D eigenvalue weighted by Crippen LogP contribution is 2.23. The second-order valence-corrected chi connectivity index (χ2v) is 5.90. The number of anilines is 1. The van der Waals surface area contributed by atoms with Crippen LogP contribution in [0.3, 0.4) is 0 Å². The smallest absolute Gasteiger partial charge is 0.185 e. The van der Waals surface area contributed by atoms with Crippen LogP contribution in [-0.2, 0) is 6.54 Å². The predicted octanol–water partition coefficient (Wildman–Crippen LogP) is 2.81. The SMILES string of the molecule is CCN(CC)c1ncc(CN[C@@H](CO)c2ccccc2)s1. The zero-order chi connectivity index (χ0) is 15.1. The van der Waals surface area contributed by atoms with Crippen LogP contribution in [0.15, 0.2) is 36.5 Å². The third-order valence-electron chi connectivity index (χ3n) is 3.48. The summed E-state index contributed by atoms with van der Waals surface area (Å²) in [5, 5.41) is 14.0. The fraction of sp³-hybridized carbons (Fsp3) is 0.438. The lowest BCUT2D eigenvalue weighted by Gasteiger charge is -2.17. The van der Waals surface area contributed by atoms with Gasteiger partial charge in [0.2, 0.25) is 0 Å². The zero-order valence-electron chi connectivity index (χ0n) is 12.6. The Bertz CT molecular complexity index is 525. The van der Waals surface area contributed by atoms with Gasteiger partial charge >= 0.3 is 0 Å². The van der Waals surface area contributed by atoms with E-state index in [2.05, 4.69) is 29.0 Å². The summed E-state index contributed by atoms with van der Waals surface area (Å²) in [6, 6.07) is 9.99. The first-order chi connectivity index (χ1) is 10.3. The van der Waals surface area contributed by atoms with Crippen molar-refractivity contribution in [1.29, 1.82) is 0 Å². The van der Waals surface area contributed by atoms with Crippen LogP contribution in [0.25, 0.3) is 0 Å². The molecule has 4 nitrogen and oxygen atoms in total. The Labute approximate surface area is 130 Å². The molecule has 2 rings (SSSR count). The van der Waals surface area contributed by atoms with Crippen molar-refractivity contribution in [3.05, 3.63) is 47.0 Å². The minimum atomic E-state index is -0.0368. The number of rotatable bonds is 8. The second kappa shape index (κ2) is 8.12. The highest BCUT2D eigenvalue weighted by molar-refractivity contribution is 7.15. The highest BCUT2D eigenvalue weighted by atomic mass is 32.1.